The lowest BCUT2D eigenvalue weighted by Gasteiger charge is -2.41. The molecule has 0 radical (unpaired) electrons. The molecule has 2 N–H and O–H groups in total. The summed E-state index contributed by atoms with van der Waals surface area (Å²) in [7, 11) is 4.01. The van der Waals surface area contributed by atoms with Crippen molar-refractivity contribution >= 4 is 11.8 Å². The van der Waals surface area contributed by atoms with Gasteiger partial charge in [0.2, 0.25) is 0 Å². The van der Waals surface area contributed by atoms with Crippen LogP contribution in [0.5, 0.6) is 0 Å². The predicted octanol–water partition coefficient (Wildman–Crippen LogP) is 2.47. The summed E-state index contributed by atoms with van der Waals surface area (Å²) in [6.45, 7) is 11.5. The molecule has 6 nitrogen and oxygen atoms in total. The number of likely N-dealkylation sites (tertiary alicyclic amines) is 1. The van der Waals surface area contributed by atoms with Gasteiger partial charge in [-0.25, -0.2) is 9.98 Å². The van der Waals surface area contributed by atoms with E-state index in [2.05, 4.69) is 47.4 Å². The molecule has 146 valence electrons. The minimum absolute atomic E-state index is 0.130. The van der Waals surface area contributed by atoms with Crippen LogP contribution in [0.2, 0.25) is 0 Å². The van der Waals surface area contributed by atoms with E-state index in [9.17, 15) is 0 Å². The standard InChI is InChI=1S/C20H36N6/c1-6-21-19(23-15-17-10-11-22-18(14-17)25(4)5)24-16-20(2,3)26-12-8-7-9-13-26/h10-11,14H,6-9,12-13,15-16H2,1-5H3,(H2,21,23,24). The maximum Gasteiger partial charge on any atom is 0.191 e. The zero-order valence-corrected chi connectivity index (χ0v) is 17.2. The highest BCUT2D eigenvalue weighted by Crippen LogP contribution is 2.19. The van der Waals surface area contributed by atoms with Gasteiger partial charge in [-0.15, -0.1) is 0 Å². The molecule has 26 heavy (non-hydrogen) atoms. The van der Waals surface area contributed by atoms with Gasteiger partial charge in [-0.1, -0.05) is 6.42 Å². The van der Waals surface area contributed by atoms with Crippen LogP contribution in [-0.4, -0.2) is 61.7 Å². The highest BCUT2D eigenvalue weighted by Gasteiger charge is 2.27. The van der Waals surface area contributed by atoms with Gasteiger partial charge in [-0.05, 0) is 64.4 Å². The third-order valence-electron chi connectivity index (χ3n) is 4.93. The van der Waals surface area contributed by atoms with Crippen molar-refractivity contribution in [3.05, 3.63) is 23.9 Å². The smallest absolute Gasteiger partial charge is 0.191 e. The third kappa shape index (κ3) is 6.16. The maximum absolute atomic E-state index is 4.76. The lowest BCUT2D eigenvalue weighted by Crippen LogP contribution is -2.54. The van der Waals surface area contributed by atoms with Crippen LogP contribution in [0.1, 0.15) is 45.6 Å². The molecule has 0 aromatic carbocycles. The SMILES string of the molecule is CCNC(=NCc1ccnc(N(C)C)c1)NCC(C)(C)N1CCCCC1. The first kappa shape index (κ1) is 20.5. The molecular formula is C20H36N6. The first-order valence-electron chi connectivity index (χ1n) is 9.82. The molecular weight excluding hydrogens is 324 g/mol. The molecule has 6 heteroatoms. The third-order valence-corrected chi connectivity index (χ3v) is 4.93. The van der Waals surface area contributed by atoms with Crippen molar-refractivity contribution in [2.45, 2.75) is 52.1 Å². The summed E-state index contributed by atoms with van der Waals surface area (Å²) in [5.41, 5.74) is 1.29. The van der Waals surface area contributed by atoms with Gasteiger partial charge < -0.3 is 15.5 Å². The Hall–Kier alpha value is -1.82. The Bertz CT molecular complexity index is 575. The van der Waals surface area contributed by atoms with Crippen LogP contribution in [0.4, 0.5) is 5.82 Å². The van der Waals surface area contributed by atoms with Crippen LogP contribution in [-0.2, 0) is 6.54 Å². The normalized spacial score (nSPS) is 16.4. The van der Waals surface area contributed by atoms with Gasteiger partial charge in [0.25, 0.3) is 0 Å². The maximum atomic E-state index is 4.76. The second-order valence-electron chi connectivity index (χ2n) is 7.83. The molecule has 0 spiro atoms. The molecule has 1 aromatic heterocycles. The second-order valence-corrected chi connectivity index (χ2v) is 7.83. The predicted molar refractivity (Wildman–Crippen MR) is 111 cm³/mol. The Morgan fingerprint density at radius 1 is 1.23 bits per heavy atom. The topological polar surface area (TPSA) is 55.8 Å². The van der Waals surface area contributed by atoms with Gasteiger partial charge >= 0.3 is 0 Å². The number of hydrogen-bond acceptors (Lipinski definition) is 4. The van der Waals surface area contributed by atoms with Crippen molar-refractivity contribution < 1.29 is 0 Å². The van der Waals surface area contributed by atoms with Gasteiger partial charge in [0, 0.05) is 38.9 Å². The van der Waals surface area contributed by atoms with E-state index >= 15 is 0 Å². The van der Waals surface area contributed by atoms with Gasteiger partial charge in [-0.3, -0.25) is 4.90 Å². The van der Waals surface area contributed by atoms with E-state index in [1.54, 1.807) is 0 Å². The summed E-state index contributed by atoms with van der Waals surface area (Å²) in [4.78, 5) is 13.7. The fourth-order valence-electron chi connectivity index (χ4n) is 3.23. The monoisotopic (exact) mass is 360 g/mol. The lowest BCUT2D eigenvalue weighted by atomic mass is 9.98. The molecule has 0 aliphatic carbocycles. The van der Waals surface area contributed by atoms with Crippen LogP contribution in [0.3, 0.4) is 0 Å². The molecule has 1 aliphatic heterocycles. The van der Waals surface area contributed by atoms with E-state index in [1.807, 2.05) is 31.3 Å². The number of nitrogens with zero attached hydrogens (tertiary/aromatic N) is 4. The number of pyridine rings is 1. The van der Waals surface area contributed by atoms with E-state index in [0.29, 0.717) is 6.54 Å². The van der Waals surface area contributed by atoms with Gasteiger partial charge in [0.15, 0.2) is 5.96 Å². The van der Waals surface area contributed by atoms with E-state index < -0.39 is 0 Å². The summed E-state index contributed by atoms with van der Waals surface area (Å²) < 4.78 is 0. The lowest BCUT2D eigenvalue weighted by molar-refractivity contribution is 0.0982. The van der Waals surface area contributed by atoms with Crippen molar-refractivity contribution in [1.82, 2.24) is 20.5 Å². The number of nitrogens with one attached hydrogen (secondary N) is 2. The number of aliphatic imine (C=N–C) groups is 1. The minimum atomic E-state index is 0.130. The molecule has 0 amide bonds. The molecule has 0 atom stereocenters. The fraction of sp³-hybridized carbons (Fsp3) is 0.700. The van der Waals surface area contributed by atoms with E-state index in [0.717, 1.165) is 30.4 Å². The van der Waals surface area contributed by atoms with Crippen LogP contribution in [0, 0.1) is 0 Å². The molecule has 1 fully saturated rings. The van der Waals surface area contributed by atoms with Crippen molar-refractivity contribution in [1.29, 1.82) is 0 Å². The second kappa shape index (κ2) is 9.76. The molecule has 1 saturated heterocycles. The van der Waals surface area contributed by atoms with Crippen LogP contribution in [0.25, 0.3) is 0 Å². The van der Waals surface area contributed by atoms with Crippen LogP contribution >= 0.6 is 0 Å². The van der Waals surface area contributed by atoms with E-state index in [-0.39, 0.29) is 5.54 Å². The largest absolute Gasteiger partial charge is 0.363 e. The number of aromatic nitrogens is 1. The van der Waals surface area contributed by atoms with E-state index in [1.165, 1.54) is 32.4 Å². The summed E-state index contributed by atoms with van der Waals surface area (Å²) >= 11 is 0. The Kier molecular flexibility index (Phi) is 7.69. The average Bonchev–Trinajstić information content (AvgIpc) is 2.65. The average molecular weight is 361 g/mol. The number of hydrogen-bond donors (Lipinski definition) is 2. The molecule has 0 saturated carbocycles. The molecule has 0 bridgehead atoms. The summed E-state index contributed by atoms with van der Waals surface area (Å²) in [5.74, 6) is 1.84. The number of guanidine groups is 1. The van der Waals surface area contributed by atoms with Gasteiger partial charge in [-0.2, -0.15) is 0 Å². The Morgan fingerprint density at radius 2 is 1.96 bits per heavy atom. The number of piperidine rings is 1. The van der Waals surface area contributed by atoms with Crippen molar-refractivity contribution in [3.63, 3.8) is 0 Å². The molecule has 0 unspecified atom stereocenters. The van der Waals surface area contributed by atoms with Crippen LogP contribution < -0.4 is 15.5 Å². The minimum Gasteiger partial charge on any atom is -0.363 e. The van der Waals surface area contributed by atoms with Crippen LogP contribution in [0.15, 0.2) is 23.3 Å². The molecule has 1 aromatic rings. The first-order valence-corrected chi connectivity index (χ1v) is 9.82. The van der Waals surface area contributed by atoms with Gasteiger partial charge in [0.05, 0.1) is 6.54 Å². The van der Waals surface area contributed by atoms with Crippen molar-refractivity contribution in [2.75, 3.05) is 45.2 Å². The zero-order chi connectivity index (χ0) is 19.0. The Morgan fingerprint density at radius 3 is 2.62 bits per heavy atom. The van der Waals surface area contributed by atoms with E-state index in [4.69, 9.17) is 4.99 Å². The van der Waals surface area contributed by atoms with Gasteiger partial charge in [0.1, 0.15) is 5.82 Å². The van der Waals surface area contributed by atoms with Crippen molar-refractivity contribution in [3.8, 4) is 0 Å². The zero-order valence-electron chi connectivity index (χ0n) is 17.2. The Balaban J connectivity index is 1.96. The molecule has 2 rings (SSSR count). The summed E-state index contributed by atoms with van der Waals surface area (Å²) in [6.07, 6.45) is 5.84. The number of anilines is 1. The molecule has 2 heterocycles. The summed E-state index contributed by atoms with van der Waals surface area (Å²) in [5, 5.41) is 6.90. The highest BCUT2D eigenvalue weighted by atomic mass is 15.2. The van der Waals surface area contributed by atoms with Crippen molar-refractivity contribution in [2.24, 2.45) is 4.99 Å². The Labute approximate surface area is 159 Å². The number of rotatable bonds is 7. The highest BCUT2D eigenvalue weighted by molar-refractivity contribution is 5.79. The quantitative estimate of drug-likeness (QED) is 0.578. The fourth-order valence-corrected chi connectivity index (χ4v) is 3.23. The first-order chi connectivity index (χ1) is 12.4. The molecule has 1 aliphatic rings. The summed E-state index contributed by atoms with van der Waals surface area (Å²) in [6, 6.07) is 4.11.